The van der Waals surface area contributed by atoms with Crippen LogP contribution in [0.5, 0.6) is 0 Å². The summed E-state index contributed by atoms with van der Waals surface area (Å²) in [4.78, 5) is 9.00. The van der Waals surface area contributed by atoms with Gasteiger partial charge in [0.2, 0.25) is 0 Å². The fraction of sp³-hybridized carbons (Fsp3) is 0.250. The molecule has 1 aromatic rings. The minimum absolute atomic E-state index is 0.367. The monoisotopic (exact) mass is 206 g/mol. The summed E-state index contributed by atoms with van der Waals surface area (Å²) in [6, 6.07) is 7.95. The van der Waals surface area contributed by atoms with Crippen molar-refractivity contribution in [2.24, 2.45) is 0 Å². The van der Waals surface area contributed by atoms with E-state index in [1.807, 2.05) is 24.3 Å². The number of carboxylic acids is 1. The molecule has 0 fully saturated rings. The zero-order chi connectivity index (χ0) is 11.4. The van der Waals surface area contributed by atoms with E-state index in [9.17, 15) is 5.11 Å². The Bertz CT molecular complexity index is 390. The highest BCUT2D eigenvalue weighted by Gasteiger charge is 2.17. The summed E-state index contributed by atoms with van der Waals surface area (Å²) in [5.74, 6) is -0.0423. The lowest BCUT2D eigenvalue weighted by Gasteiger charge is -2.01. The Balaban J connectivity index is 0.000000245. The summed E-state index contributed by atoms with van der Waals surface area (Å²) >= 11 is 0. The van der Waals surface area contributed by atoms with Gasteiger partial charge in [0, 0.05) is 18.4 Å². The fourth-order valence-corrected chi connectivity index (χ4v) is 1.54. The number of hydrogen-bond donors (Lipinski definition) is 2. The minimum atomic E-state index is -0.833. The number of benzene rings is 1. The average molecular weight is 206 g/mol. The first-order valence-electron chi connectivity index (χ1n) is 4.72. The summed E-state index contributed by atoms with van der Waals surface area (Å²) < 4.78 is 0. The molecule has 3 nitrogen and oxygen atoms in total. The van der Waals surface area contributed by atoms with Crippen molar-refractivity contribution < 1.29 is 15.0 Å². The third kappa shape index (κ3) is 2.84. The van der Waals surface area contributed by atoms with Crippen molar-refractivity contribution in [1.82, 2.24) is 0 Å². The zero-order valence-electron chi connectivity index (χ0n) is 8.77. The van der Waals surface area contributed by atoms with Crippen molar-refractivity contribution in [3.8, 4) is 0 Å². The van der Waals surface area contributed by atoms with E-state index in [2.05, 4.69) is 13.0 Å². The number of hydrogen-bond acceptors (Lipinski definition) is 2. The van der Waals surface area contributed by atoms with Crippen molar-refractivity contribution in [3.63, 3.8) is 0 Å². The smallest absolute Gasteiger partial charge is 0.300 e. The molecule has 15 heavy (non-hydrogen) atoms. The lowest BCUT2D eigenvalue weighted by atomic mass is 10.0. The molecule has 0 aromatic heterocycles. The molecule has 0 radical (unpaired) electrons. The number of allylic oxidation sites excluding steroid dienone is 1. The van der Waals surface area contributed by atoms with Gasteiger partial charge in [-0.05, 0) is 11.6 Å². The van der Waals surface area contributed by atoms with Crippen molar-refractivity contribution in [2.75, 3.05) is 0 Å². The second-order valence-electron chi connectivity index (χ2n) is 3.45. The maximum absolute atomic E-state index is 9.41. The Morgan fingerprint density at radius 1 is 1.33 bits per heavy atom. The third-order valence-corrected chi connectivity index (χ3v) is 2.14. The fourth-order valence-electron chi connectivity index (χ4n) is 1.54. The SMILES string of the molecule is CC(=O)O.CC1C=C(O)c2ccccc21. The topological polar surface area (TPSA) is 57.5 Å². The van der Waals surface area contributed by atoms with Crippen LogP contribution >= 0.6 is 0 Å². The molecule has 1 atom stereocenters. The summed E-state index contributed by atoms with van der Waals surface area (Å²) in [5.41, 5.74) is 2.21. The molecule has 2 N–H and O–H groups in total. The van der Waals surface area contributed by atoms with E-state index in [1.165, 1.54) is 5.56 Å². The van der Waals surface area contributed by atoms with E-state index in [0.717, 1.165) is 12.5 Å². The van der Waals surface area contributed by atoms with Crippen molar-refractivity contribution >= 4 is 11.7 Å². The van der Waals surface area contributed by atoms with E-state index >= 15 is 0 Å². The summed E-state index contributed by atoms with van der Waals surface area (Å²) in [5, 5.41) is 16.8. The van der Waals surface area contributed by atoms with Gasteiger partial charge in [-0.3, -0.25) is 4.79 Å². The summed E-state index contributed by atoms with van der Waals surface area (Å²) in [7, 11) is 0. The molecule has 1 aromatic carbocycles. The second kappa shape index (κ2) is 4.64. The van der Waals surface area contributed by atoms with Crippen LogP contribution in [0, 0.1) is 0 Å². The molecule has 0 heterocycles. The normalized spacial score (nSPS) is 17.2. The number of aliphatic hydroxyl groups is 1. The van der Waals surface area contributed by atoms with Crippen LogP contribution in [0.25, 0.3) is 5.76 Å². The van der Waals surface area contributed by atoms with Crippen molar-refractivity contribution in [1.29, 1.82) is 0 Å². The van der Waals surface area contributed by atoms with Crippen LogP contribution in [0.2, 0.25) is 0 Å². The number of carbonyl (C=O) groups is 1. The van der Waals surface area contributed by atoms with Gasteiger partial charge in [-0.1, -0.05) is 31.2 Å². The van der Waals surface area contributed by atoms with Gasteiger partial charge >= 0.3 is 0 Å². The average Bonchev–Trinajstić information content (AvgIpc) is 2.43. The molecule has 0 amide bonds. The minimum Gasteiger partial charge on any atom is -0.508 e. The molecular formula is C12H14O3. The Morgan fingerprint density at radius 2 is 1.87 bits per heavy atom. The molecule has 3 heteroatoms. The maximum Gasteiger partial charge on any atom is 0.300 e. The third-order valence-electron chi connectivity index (χ3n) is 2.14. The van der Waals surface area contributed by atoms with Gasteiger partial charge in [0.15, 0.2) is 0 Å². The van der Waals surface area contributed by atoms with Gasteiger partial charge in [-0.25, -0.2) is 0 Å². The van der Waals surface area contributed by atoms with Gasteiger partial charge < -0.3 is 10.2 Å². The number of aliphatic carboxylic acids is 1. The first kappa shape index (κ1) is 11.3. The Labute approximate surface area is 88.7 Å². The lowest BCUT2D eigenvalue weighted by molar-refractivity contribution is -0.134. The maximum atomic E-state index is 9.41. The highest BCUT2D eigenvalue weighted by molar-refractivity contribution is 5.68. The number of carboxylic acid groups (broad SMARTS) is 1. The van der Waals surface area contributed by atoms with E-state index in [1.54, 1.807) is 0 Å². The zero-order valence-corrected chi connectivity index (χ0v) is 8.77. The van der Waals surface area contributed by atoms with E-state index in [4.69, 9.17) is 9.90 Å². The van der Waals surface area contributed by atoms with Crippen LogP contribution in [-0.4, -0.2) is 16.2 Å². The number of rotatable bonds is 0. The first-order chi connectivity index (χ1) is 7.02. The van der Waals surface area contributed by atoms with Crippen LogP contribution in [-0.2, 0) is 4.79 Å². The van der Waals surface area contributed by atoms with Gasteiger partial charge in [-0.2, -0.15) is 0 Å². The summed E-state index contributed by atoms with van der Waals surface area (Å²) in [6.45, 7) is 3.17. The van der Waals surface area contributed by atoms with Gasteiger partial charge in [-0.15, -0.1) is 0 Å². The predicted octanol–water partition coefficient (Wildman–Crippen LogP) is 2.79. The van der Waals surface area contributed by atoms with Crippen LogP contribution < -0.4 is 0 Å². The molecule has 0 saturated heterocycles. The van der Waals surface area contributed by atoms with Crippen LogP contribution in [0.4, 0.5) is 0 Å². The van der Waals surface area contributed by atoms with E-state index in [0.29, 0.717) is 11.7 Å². The second-order valence-corrected chi connectivity index (χ2v) is 3.45. The summed E-state index contributed by atoms with van der Waals surface area (Å²) in [6.07, 6.45) is 1.88. The Morgan fingerprint density at radius 3 is 2.40 bits per heavy atom. The molecule has 0 bridgehead atoms. The van der Waals surface area contributed by atoms with Gasteiger partial charge in [0.25, 0.3) is 5.97 Å². The molecule has 1 aliphatic carbocycles. The Hall–Kier alpha value is -1.77. The quantitative estimate of drug-likeness (QED) is 0.686. The van der Waals surface area contributed by atoms with Crippen LogP contribution in [0.3, 0.4) is 0 Å². The number of fused-ring (bicyclic) bond motifs is 1. The molecule has 2 rings (SSSR count). The van der Waals surface area contributed by atoms with Crippen LogP contribution in [0.15, 0.2) is 30.3 Å². The number of aliphatic hydroxyl groups excluding tert-OH is 1. The highest BCUT2D eigenvalue weighted by Crippen LogP contribution is 2.33. The molecule has 1 unspecified atom stereocenters. The molecule has 80 valence electrons. The molecule has 0 aliphatic heterocycles. The molecule has 1 aliphatic rings. The highest BCUT2D eigenvalue weighted by atomic mass is 16.4. The van der Waals surface area contributed by atoms with Gasteiger partial charge in [0.05, 0.1) is 0 Å². The van der Waals surface area contributed by atoms with Gasteiger partial charge in [0.1, 0.15) is 5.76 Å². The first-order valence-corrected chi connectivity index (χ1v) is 4.72. The lowest BCUT2D eigenvalue weighted by Crippen LogP contribution is -1.85. The molecule has 0 saturated carbocycles. The van der Waals surface area contributed by atoms with Crippen molar-refractivity contribution in [2.45, 2.75) is 19.8 Å². The Kier molecular flexibility index (Phi) is 3.50. The van der Waals surface area contributed by atoms with E-state index < -0.39 is 5.97 Å². The van der Waals surface area contributed by atoms with Crippen LogP contribution in [0.1, 0.15) is 30.9 Å². The standard InChI is InChI=1S/C10H10O.C2H4O2/c1-7-6-10(11)9-5-3-2-4-8(7)9;1-2(3)4/h2-7,11H,1H3;1H3,(H,3,4). The molecular weight excluding hydrogens is 192 g/mol. The largest absolute Gasteiger partial charge is 0.508 e. The predicted molar refractivity (Wildman–Crippen MR) is 58.8 cm³/mol. The molecule has 0 spiro atoms. The van der Waals surface area contributed by atoms with Crippen molar-refractivity contribution in [3.05, 3.63) is 41.5 Å². The van der Waals surface area contributed by atoms with E-state index in [-0.39, 0.29) is 0 Å².